The molecule has 3 aromatic carbocycles. The summed E-state index contributed by atoms with van der Waals surface area (Å²) in [7, 11) is 0. The van der Waals surface area contributed by atoms with Gasteiger partial charge in [-0.05, 0) is 87.2 Å². The summed E-state index contributed by atoms with van der Waals surface area (Å²) in [4.78, 5) is 42.0. The number of phenols is 1. The number of anilines is 1. The highest BCUT2D eigenvalue weighted by Gasteiger charge is 2.35. The van der Waals surface area contributed by atoms with Crippen molar-refractivity contribution < 1.29 is 24.2 Å². The number of ether oxygens (including phenoxy) is 1. The minimum absolute atomic E-state index is 0.100. The highest BCUT2D eigenvalue weighted by molar-refractivity contribution is 6.00. The highest BCUT2D eigenvalue weighted by Crippen LogP contribution is 2.29. The van der Waals surface area contributed by atoms with Crippen LogP contribution in [0.15, 0.2) is 60.7 Å². The number of nitrogens with one attached hydrogen (secondary N) is 2. The van der Waals surface area contributed by atoms with Gasteiger partial charge in [-0.25, -0.2) is 4.79 Å². The van der Waals surface area contributed by atoms with E-state index in [2.05, 4.69) is 17.6 Å². The second kappa shape index (κ2) is 14.0. The fourth-order valence-electron chi connectivity index (χ4n) is 4.67. The predicted octanol–water partition coefficient (Wildman–Crippen LogP) is 6.86. The minimum atomic E-state index is -1.00. The van der Waals surface area contributed by atoms with Crippen molar-refractivity contribution in [3.05, 3.63) is 71.8 Å². The maximum absolute atomic E-state index is 14.0. The van der Waals surface area contributed by atoms with Crippen LogP contribution in [0.5, 0.6) is 5.75 Å². The van der Waals surface area contributed by atoms with Gasteiger partial charge in [-0.2, -0.15) is 0 Å². The highest BCUT2D eigenvalue weighted by atomic mass is 16.6. The normalized spacial score (nSPS) is 12.8. The minimum Gasteiger partial charge on any atom is -0.508 e. The molecule has 0 radical (unpaired) electrons. The first-order chi connectivity index (χ1) is 19.4. The lowest BCUT2D eigenvalue weighted by molar-refractivity contribution is -0.140. The number of unbranched alkanes of at least 4 members (excludes halogenated alkanes) is 3. The van der Waals surface area contributed by atoms with Crippen molar-refractivity contribution in [3.63, 3.8) is 0 Å². The molecule has 0 aliphatic carbocycles. The van der Waals surface area contributed by atoms with E-state index in [1.807, 2.05) is 42.5 Å². The molecule has 3 amide bonds. The summed E-state index contributed by atoms with van der Waals surface area (Å²) >= 11 is 0. The number of amides is 3. The van der Waals surface area contributed by atoms with Crippen LogP contribution < -0.4 is 10.6 Å². The Morgan fingerprint density at radius 3 is 2.32 bits per heavy atom. The monoisotopic (exact) mass is 561 g/mol. The van der Waals surface area contributed by atoms with Crippen molar-refractivity contribution in [3.8, 4) is 5.75 Å². The van der Waals surface area contributed by atoms with E-state index < -0.39 is 35.6 Å². The van der Waals surface area contributed by atoms with Crippen molar-refractivity contribution in [1.82, 2.24) is 10.2 Å². The molecule has 0 bridgehead atoms. The number of aryl methyl sites for hydroxylation is 1. The van der Waals surface area contributed by atoms with Gasteiger partial charge in [0.05, 0.1) is 0 Å². The third-order valence-electron chi connectivity index (χ3n) is 6.75. The summed E-state index contributed by atoms with van der Waals surface area (Å²) in [6, 6.07) is 16.5. The van der Waals surface area contributed by atoms with E-state index in [0.717, 1.165) is 30.0 Å². The molecule has 0 spiro atoms. The van der Waals surface area contributed by atoms with Crippen molar-refractivity contribution in [2.24, 2.45) is 0 Å². The van der Waals surface area contributed by atoms with E-state index >= 15 is 0 Å². The van der Waals surface area contributed by atoms with Gasteiger partial charge in [0, 0.05) is 12.2 Å². The van der Waals surface area contributed by atoms with Crippen molar-refractivity contribution in [1.29, 1.82) is 0 Å². The fraction of sp³-hybridized carbons (Fsp3) is 0.424. The Labute approximate surface area is 243 Å². The topological polar surface area (TPSA) is 108 Å². The van der Waals surface area contributed by atoms with Gasteiger partial charge in [0.25, 0.3) is 5.91 Å². The van der Waals surface area contributed by atoms with Crippen LogP contribution >= 0.6 is 0 Å². The number of nitrogens with zero attached hydrogens (tertiary/aromatic N) is 1. The quantitative estimate of drug-likeness (QED) is 0.222. The first-order valence-corrected chi connectivity index (χ1v) is 14.3. The average molecular weight is 562 g/mol. The van der Waals surface area contributed by atoms with Gasteiger partial charge in [0.15, 0.2) is 0 Å². The molecule has 3 rings (SSSR count). The lowest BCUT2D eigenvalue weighted by Gasteiger charge is -2.34. The fourth-order valence-corrected chi connectivity index (χ4v) is 4.67. The standard InChI is InChI=1S/C33H43N3O5/c1-7-8-9-12-19-36(31(39)23(3)34-32(40)41-33(4,5)6)29(26-16-18-28(37)22(2)20-26)30(38)35-27-17-15-24-13-10-11-14-25(24)21-27/h10-11,13-18,20-21,23,29,37H,7-9,12,19H2,1-6H3,(H,34,40)(H,35,38). The van der Waals surface area contributed by atoms with E-state index in [1.165, 1.54) is 11.0 Å². The Morgan fingerprint density at radius 1 is 0.951 bits per heavy atom. The summed E-state index contributed by atoms with van der Waals surface area (Å²) in [5, 5.41) is 17.8. The molecule has 0 heterocycles. The number of benzene rings is 3. The molecule has 220 valence electrons. The Kier molecular flexibility index (Phi) is 10.8. The molecule has 8 nitrogen and oxygen atoms in total. The Bertz CT molecular complexity index is 1360. The molecule has 0 saturated heterocycles. The molecule has 41 heavy (non-hydrogen) atoms. The van der Waals surface area contributed by atoms with Crippen molar-refractivity contribution in [2.75, 3.05) is 11.9 Å². The van der Waals surface area contributed by atoms with Crippen LogP contribution in [0.25, 0.3) is 10.8 Å². The van der Waals surface area contributed by atoms with Crippen LogP contribution in [0.2, 0.25) is 0 Å². The molecule has 2 atom stereocenters. The van der Waals surface area contributed by atoms with Crippen LogP contribution in [0, 0.1) is 6.92 Å². The van der Waals surface area contributed by atoms with Gasteiger partial charge >= 0.3 is 6.09 Å². The van der Waals surface area contributed by atoms with Crippen LogP contribution in [0.1, 0.15) is 77.5 Å². The first-order valence-electron chi connectivity index (χ1n) is 14.3. The van der Waals surface area contributed by atoms with Crippen LogP contribution in [-0.4, -0.2) is 46.1 Å². The summed E-state index contributed by atoms with van der Waals surface area (Å²) in [6.07, 6.45) is 2.90. The number of fused-ring (bicyclic) bond motifs is 1. The van der Waals surface area contributed by atoms with Gasteiger partial charge in [0.1, 0.15) is 23.4 Å². The predicted molar refractivity (Wildman–Crippen MR) is 163 cm³/mol. The van der Waals surface area contributed by atoms with E-state index in [9.17, 15) is 19.5 Å². The summed E-state index contributed by atoms with van der Waals surface area (Å²) < 4.78 is 5.36. The second-order valence-corrected chi connectivity index (χ2v) is 11.5. The third kappa shape index (κ3) is 8.96. The van der Waals surface area contributed by atoms with Crippen LogP contribution in [0.3, 0.4) is 0 Å². The molecule has 0 aliphatic heterocycles. The Morgan fingerprint density at radius 2 is 1.66 bits per heavy atom. The van der Waals surface area contributed by atoms with Crippen molar-refractivity contribution >= 4 is 34.4 Å². The largest absolute Gasteiger partial charge is 0.508 e. The third-order valence-corrected chi connectivity index (χ3v) is 6.75. The van der Waals surface area contributed by atoms with Crippen molar-refractivity contribution in [2.45, 2.75) is 84.9 Å². The Hall–Kier alpha value is -4.07. The number of hydrogen-bond donors (Lipinski definition) is 3. The molecule has 0 aromatic heterocycles. The molecular formula is C33H43N3O5. The zero-order chi connectivity index (χ0) is 30.2. The molecule has 0 saturated carbocycles. The number of carbonyl (C=O) groups excluding carboxylic acids is 3. The first kappa shape index (κ1) is 31.5. The van der Waals surface area contributed by atoms with Crippen LogP contribution in [-0.2, 0) is 14.3 Å². The molecule has 2 unspecified atom stereocenters. The lowest BCUT2D eigenvalue weighted by Crippen LogP contribution is -2.51. The maximum Gasteiger partial charge on any atom is 0.408 e. The zero-order valence-electron chi connectivity index (χ0n) is 25.0. The number of alkyl carbamates (subject to hydrolysis) is 1. The molecule has 3 aromatic rings. The lowest BCUT2D eigenvalue weighted by atomic mass is 9.99. The summed E-state index contributed by atoms with van der Waals surface area (Å²) in [5.41, 5.74) is 1.03. The number of carbonyl (C=O) groups is 3. The second-order valence-electron chi connectivity index (χ2n) is 11.5. The van der Waals surface area contributed by atoms with E-state index in [-0.39, 0.29) is 5.75 Å². The van der Waals surface area contributed by atoms with E-state index in [1.54, 1.807) is 46.8 Å². The van der Waals surface area contributed by atoms with E-state index in [4.69, 9.17) is 4.74 Å². The van der Waals surface area contributed by atoms with Gasteiger partial charge in [-0.15, -0.1) is 0 Å². The maximum atomic E-state index is 14.0. The van der Waals surface area contributed by atoms with Crippen LogP contribution in [0.4, 0.5) is 10.5 Å². The number of phenolic OH excluding ortho intramolecular Hbond substituents is 1. The summed E-state index contributed by atoms with van der Waals surface area (Å²) in [5.74, 6) is -0.696. The summed E-state index contributed by atoms with van der Waals surface area (Å²) in [6.45, 7) is 11.0. The molecular weight excluding hydrogens is 518 g/mol. The Balaban J connectivity index is 1.98. The number of hydrogen-bond acceptors (Lipinski definition) is 5. The smallest absolute Gasteiger partial charge is 0.408 e. The molecule has 3 N–H and O–H groups in total. The van der Waals surface area contributed by atoms with Gasteiger partial charge in [-0.3, -0.25) is 9.59 Å². The molecule has 0 aliphatic rings. The SMILES string of the molecule is CCCCCCN(C(=O)C(C)NC(=O)OC(C)(C)C)C(C(=O)Nc1ccc2ccccc2c1)c1ccc(O)c(C)c1. The number of rotatable bonds is 11. The average Bonchev–Trinajstić information content (AvgIpc) is 2.90. The van der Waals surface area contributed by atoms with Gasteiger partial charge in [-0.1, -0.05) is 62.6 Å². The van der Waals surface area contributed by atoms with E-state index in [0.29, 0.717) is 29.8 Å². The number of aromatic hydroxyl groups is 1. The molecule has 0 fully saturated rings. The molecule has 8 heteroatoms. The van der Waals surface area contributed by atoms with Gasteiger partial charge < -0.3 is 25.4 Å². The van der Waals surface area contributed by atoms with Gasteiger partial charge in [0.2, 0.25) is 5.91 Å². The zero-order valence-corrected chi connectivity index (χ0v) is 25.0.